The molecule has 4 nitrogen and oxygen atoms in total. The number of rotatable bonds is 3. The molecule has 0 saturated heterocycles. The highest BCUT2D eigenvalue weighted by Gasteiger charge is 2.31. The smallest absolute Gasteiger partial charge is 0.416 e. The van der Waals surface area contributed by atoms with Crippen LogP contribution in [0, 0.1) is 0 Å². The van der Waals surface area contributed by atoms with E-state index in [1.54, 1.807) is 0 Å². The molecule has 2 N–H and O–H groups in total. The third-order valence-electron chi connectivity index (χ3n) is 2.56. The number of aromatic carboxylic acids is 1. The van der Waals surface area contributed by atoms with Crippen LogP contribution in [0.4, 0.5) is 24.5 Å². The Balaban J connectivity index is 2.41. The second kappa shape index (κ2) is 5.61. The molecule has 2 aromatic rings. The third kappa shape index (κ3) is 3.63. The van der Waals surface area contributed by atoms with Crippen LogP contribution in [0.5, 0.6) is 0 Å². The molecule has 0 bridgehead atoms. The molecule has 0 aliphatic heterocycles. The first-order chi connectivity index (χ1) is 9.77. The summed E-state index contributed by atoms with van der Waals surface area (Å²) in [5.74, 6) is -1.22. The Morgan fingerprint density at radius 1 is 1.29 bits per heavy atom. The summed E-state index contributed by atoms with van der Waals surface area (Å²) in [6, 6.07) is 4.12. The highest BCUT2D eigenvalue weighted by atomic mass is 35.5. The average molecular weight is 317 g/mol. The summed E-state index contributed by atoms with van der Waals surface area (Å²) in [5.41, 5.74) is -0.956. The van der Waals surface area contributed by atoms with Crippen LogP contribution in [-0.4, -0.2) is 16.1 Å². The summed E-state index contributed by atoms with van der Waals surface area (Å²) in [6.07, 6.45) is -2.07. The molecular weight excluding hydrogens is 309 g/mol. The Morgan fingerprint density at radius 3 is 2.62 bits per heavy atom. The van der Waals surface area contributed by atoms with Crippen molar-refractivity contribution in [1.29, 1.82) is 0 Å². The van der Waals surface area contributed by atoms with Gasteiger partial charge in [0, 0.05) is 16.9 Å². The highest BCUT2D eigenvalue weighted by Crippen LogP contribution is 2.34. The Labute approximate surface area is 122 Å². The number of aromatic nitrogens is 1. The first-order valence-corrected chi connectivity index (χ1v) is 5.97. The lowest BCUT2D eigenvalue weighted by molar-refractivity contribution is -0.137. The maximum Gasteiger partial charge on any atom is 0.416 e. The minimum atomic E-state index is -4.55. The van der Waals surface area contributed by atoms with Crippen molar-refractivity contribution >= 4 is 28.9 Å². The van der Waals surface area contributed by atoms with Gasteiger partial charge in [0.15, 0.2) is 0 Å². The number of alkyl halides is 3. The van der Waals surface area contributed by atoms with Crippen LogP contribution >= 0.6 is 11.6 Å². The molecule has 2 rings (SSSR count). The van der Waals surface area contributed by atoms with E-state index in [1.807, 2.05) is 0 Å². The predicted molar refractivity (Wildman–Crippen MR) is 70.9 cm³/mol. The van der Waals surface area contributed by atoms with E-state index < -0.39 is 17.7 Å². The van der Waals surface area contributed by atoms with E-state index in [9.17, 15) is 18.0 Å². The van der Waals surface area contributed by atoms with E-state index in [0.717, 1.165) is 12.1 Å². The van der Waals surface area contributed by atoms with Crippen LogP contribution in [0.15, 0.2) is 36.7 Å². The molecule has 8 heteroatoms. The minimum absolute atomic E-state index is 0.0188. The lowest BCUT2D eigenvalue weighted by Gasteiger charge is -2.12. The van der Waals surface area contributed by atoms with E-state index in [0.29, 0.717) is 0 Å². The largest absolute Gasteiger partial charge is 0.478 e. The number of halogens is 4. The average Bonchev–Trinajstić information content (AvgIpc) is 2.37. The molecule has 0 amide bonds. The quantitative estimate of drug-likeness (QED) is 0.891. The van der Waals surface area contributed by atoms with Crippen molar-refractivity contribution in [2.45, 2.75) is 6.18 Å². The number of hydrogen-bond acceptors (Lipinski definition) is 3. The van der Waals surface area contributed by atoms with Crippen LogP contribution in [0.1, 0.15) is 15.9 Å². The van der Waals surface area contributed by atoms with Gasteiger partial charge >= 0.3 is 12.1 Å². The molecule has 21 heavy (non-hydrogen) atoms. The van der Waals surface area contributed by atoms with Gasteiger partial charge in [0.2, 0.25) is 0 Å². The van der Waals surface area contributed by atoms with E-state index in [2.05, 4.69) is 10.3 Å². The summed E-state index contributed by atoms with van der Waals surface area (Å²) < 4.78 is 38.1. The molecule has 110 valence electrons. The van der Waals surface area contributed by atoms with Gasteiger partial charge in [-0.25, -0.2) is 4.79 Å². The third-order valence-corrected chi connectivity index (χ3v) is 2.77. The highest BCUT2D eigenvalue weighted by molar-refractivity contribution is 6.31. The molecule has 1 heterocycles. The Bertz CT molecular complexity index is 689. The number of carboxylic acid groups (broad SMARTS) is 1. The van der Waals surface area contributed by atoms with Gasteiger partial charge < -0.3 is 10.4 Å². The van der Waals surface area contributed by atoms with Gasteiger partial charge in [-0.05, 0) is 24.3 Å². The zero-order valence-electron chi connectivity index (χ0n) is 10.3. The first-order valence-electron chi connectivity index (χ1n) is 5.59. The lowest BCUT2D eigenvalue weighted by atomic mass is 10.1. The molecule has 0 aliphatic carbocycles. The standard InChI is InChI=1S/C13H8ClF3N2O2/c14-8-3-7(13(15,16)17)4-9(5-8)19-11-6-18-2-1-10(11)12(20)21/h1-6,19H,(H,20,21). The number of benzene rings is 1. The van der Waals surface area contributed by atoms with Gasteiger partial charge in [-0.3, -0.25) is 4.98 Å². The van der Waals surface area contributed by atoms with Gasteiger partial charge in [-0.1, -0.05) is 11.6 Å². The second-order valence-corrected chi connectivity index (χ2v) is 4.51. The van der Waals surface area contributed by atoms with Crippen LogP contribution in [0.3, 0.4) is 0 Å². The van der Waals surface area contributed by atoms with Crippen LogP contribution in [0.2, 0.25) is 5.02 Å². The molecule has 0 aliphatic rings. The van der Waals surface area contributed by atoms with E-state index in [1.165, 1.54) is 24.5 Å². The fourth-order valence-electron chi connectivity index (χ4n) is 1.66. The number of pyridine rings is 1. The van der Waals surface area contributed by atoms with Crippen molar-refractivity contribution in [2.75, 3.05) is 5.32 Å². The molecule has 0 radical (unpaired) electrons. The molecule has 0 unspecified atom stereocenters. The monoisotopic (exact) mass is 316 g/mol. The van der Waals surface area contributed by atoms with Crippen molar-refractivity contribution in [3.63, 3.8) is 0 Å². The Hall–Kier alpha value is -2.28. The molecule has 1 aromatic heterocycles. The molecule has 0 fully saturated rings. The number of hydrogen-bond donors (Lipinski definition) is 2. The van der Waals surface area contributed by atoms with Crippen molar-refractivity contribution in [3.8, 4) is 0 Å². The van der Waals surface area contributed by atoms with E-state index in [-0.39, 0.29) is 22.0 Å². The van der Waals surface area contributed by atoms with Gasteiger partial charge in [0.1, 0.15) is 0 Å². The van der Waals surface area contributed by atoms with Crippen molar-refractivity contribution in [1.82, 2.24) is 4.98 Å². The first kappa shape index (κ1) is 15.1. The fourth-order valence-corrected chi connectivity index (χ4v) is 1.90. The number of carboxylic acids is 1. The zero-order valence-corrected chi connectivity index (χ0v) is 11.0. The second-order valence-electron chi connectivity index (χ2n) is 4.08. The molecule has 0 saturated carbocycles. The summed E-state index contributed by atoms with van der Waals surface area (Å²) in [4.78, 5) is 14.8. The maximum absolute atomic E-state index is 12.7. The minimum Gasteiger partial charge on any atom is -0.478 e. The number of nitrogens with zero attached hydrogens (tertiary/aromatic N) is 1. The van der Waals surface area contributed by atoms with Crippen molar-refractivity contribution in [3.05, 3.63) is 52.8 Å². The van der Waals surface area contributed by atoms with Gasteiger partial charge in [0.05, 0.1) is 23.0 Å². The number of anilines is 2. The lowest BCUT2D eigenvalue weighted by Crippen LogP contribution is -2.07. The Morgan fingerprint density at radius 2 is 2.00 bits per heavy atom. The van der Waals surface area contributed by atoms with Crippen molar-refractivity contribution in [2.24, 2.45) is 0 Å². The van der Waals surface area contributed by atoms with Gasteiger partial charge in [-0.2, -0.15) is 13.2 Å². The van der Waals surface area contributed by atoms with E-state index >= 15 is 0 Å². The predicted octanol–water partition coefficient (Wildman–Crippen LogP) is 4.20. The maximum atomic E-state index is 12.7. The summed E-state index contributed by atoms with van der Waals surface area (Å²) in [7, 11) is 0. The Kier molecular flexibility index (Phi) is 4.04. The van der Waals surface area contributed by atoms with Crippen LogP contribution in [-0.2, 0) is 6.18 Å². The molecule has 0 atom stereocenters. The topological polar surface area (TPSA) is 62.2 Å². The molecular formula is C13H8ClF3N2O2. The molecule has 1 aromatic carbocycles. The summed E-state index contributed by atoms with van der Waals surface area (Å²) in [6.45, 7) is 0. The zero-order chi connectivity index (χ0) is 15.6. The fraction of sp³-hybridized carbons (Fsp3) is 0.0769. The molecule has 0 spiro atoms. The van der Waals surface area contributed by atoms with Crippen LogP contribution in [0.25, 0.3) is 0 Å². The van der Waals surface area contributed by atoms with Crippen molar-refractivity contribution < 1.29 is 23.1 Å². The SMILES string of the molecule is O=C(O)c1ccncc1Nc1cc(Cl)cc(C(F)(F)F)c1. The summed E-state index contributed by atoms with van der Waals surface area (Å²) >= 11 is 5.65. The number of nitrogens with one attached hydrogen (secondary N) is 1. The normalized spacial score (nSPS) is 11.2. The van der Waals surface area contributed by atoms with Crippen LogP contribution < -0.4 is 5.32 Å². The summed E-state index contributed by atoms with van der Waals surface area (Å²) in [5, 5.41) is 11.5. The van der Waals surface area contributed by atoms with Gasteiger partial charge in [-0.15, -0.1) is 0 Å². The van der Waals surface area contributed by atoms with E-state index in [4.69, 9.17) is 16.7 Å². The number of carbonyl (C=O) groups is 1. The van der Waals surface area contributed by atoms with Gasteiger partial charge in [0.25, 0.3) is 0 Å².